The molecule has 0 amide bonds. The minimum atomic E-state index is -0.684. The van der Waals surface area contributed by atoms with Gasteiger partial charge in [0.15, 0.2) is 0 Å². The molecule has 2 nitrogen and oxygen atoms in total. The summed E-state index contributed by atoms with van der Waals surface area (Å²) in [6, 6.07) is 10.8. The summed E-state index contributed by atoms with van der Waals surface area (Å²) in [4.78, 5) is 10.5. The summed E-state index contributed by atoms with van der Waals surface area (Å²) in [7, 11) is 0. The molecule has 4 atom stereocenters. The van der Waals surface area contributed by atoms with Gasteiger partial charge in [0.25, 0.3) is 0 Å². The van der Waals surface area contributed by atoms with Crippen LogP contribution in [0.25, 0.3) is 0 Å². The van der Waals surface area contributed by atoms with Crippen LogP contribution in [0.3, 0.4) is 0 Å². The van der Waals surface area contributed by atoms with E-state index in [0.29, 0.717) is 0 Å². The van der Waals surface area contributed by atoms with Crippen LogP contribution in [-0.2, 0) is 11.2 Å². The zero-order chi connectivity index (χ0) is 17.5. The SMILES string of the molecule is O=C(O)CCCC=CC[C@H]1[C@H]2CC[C@H](C2)[C@H]1SCCc1ccccc1. The molecule has 0 aliphatic heterocycles. The van der Waals surface area contributed by atoms with Crippen molar-refractivity contribution in [3.63, 3.8) is 0 Å². The Morgan fingerprint density at radius 2 is 1.96 bits per heavy atom. The fraction of sp³-hybridized carbons (Fsp3) is 0.591. The third-order valence-corrected chi connectivity index (χ3v) is 7.45. The first kappa shape index (κ1) is 18.6. The zero-order valence-corrected chi connectivity index (χ0v) is 15.8. The molecule has 0 radical (unpaired) electrons. The van der Waals surface area contributed by atoms with E-state index in [-0.39, 0.29) is 6.42 Å². The van der Waals surface area contributed by atoms with Gasteiger partial charge in [-0.1, -0.05) is 42.5 Å². The van der Waals surface area contributed by atoms with Crippen molar-refractivity contribution in [1.82, 2.24) is 0 Å². The van der Waals surface area contributed by atoms with Gasteiger partial charge in [-0.25, -0.2) is 0 Å². The van der Waals surface area contributed by atoms with E-state index in [0.717, 1.165) is 35.8 Å². The first-order valence-corrected chi connectivity index (χ1v) is 10.8. The van der Waals surface area contributed by atoms with Gasteiger partial charge in [-0.3, -0.25) is 4.79 Å². The molecule has 136 valence electrons. The highest BCUT2D eigenvalue weighted by molar-refractivity contribution is 7.99. The summed E-state index contributed by atoms with van der Waals surface area (Å²) in [5.74, 6) is 3.27. The molecule has 1 aromatic rings. The van der Waals surface area contributed by atoms with Crippen LogP contribution in [0.1, 0.15) is 50.5 Å². The average Bonchev–Trinajstić information content (AvgIpc) is 3.21. The third kappa shape index (κ3) is 5.37. The van der Waals surface area contributed by atoms with E-state index in [1.54, 1.807) is 0 Å². The number of allylic oxidation sites excluding steroid dienone is 2. The molecule has 0 spiro atoms. The van der Waals surface area contributed by atoms with E-state index in [2.05, 4.69) is 54.2 Å². The molecule has 3 heteroatoms. The Hall–Kier alpha value is -1.22. The van der Waals surface area contributed by atoms with Crippen molar-refractivity contribution in [3.05, 3.63) is 48.0 Å². The normalized spacial score (nSPS) is 28.0. The molecule has 2 fully saturated rings. The Kier molecular flexibility index (Phi) is 7.03. The molecule has 0 unspecified atom stereocenters. The lowest BCUT2D eigenvalue weighted by Crippen LogP contribution is -2.25. The number of rotatable bonds is 10. The number of fused-ring (bicyclic) bond motifs is 2. The van der Waals surface area contributed by atoms with Crippen molar-refractivity contribution in [2.45, 2.75) is 56.6 Å². The van der Waals surface area contributed by atoms with E-state index >= 15 is 0 Å². The second-order valence-electron chi connectivity index (χ2n) is 7.56. The first-order valence-electron chi connectivity index (χ1n) is 9.76. The summed E-state index contributed by atoms with van der Waals surface area (Å²) in [5.41, 5.74) is 1.45. The minimum Gasteiger partial charge on any atom is -0.481 e. The fourth-order valence-corrected chi connectivity index (χ4v) is 6.37. The molecule has 25 heavy (non-hydrogen) atoms. The highest BCUT2D eigenvalue weighted by Crippen LogP contribution is 2.54. The standard InChI is InChI=1S/C22H30O2S/c23-21(24)11-7-2-1-6-10-20-18-12-13-19(16-18)22(20)25-15-14-17-8-4-3-5-9-17/h1,3-6,8-9,18-20,22H,2,7,10-16H2,(H,23,24)/t18-,19+,20-,22+/m0/s1. The van der Waals surface area contributed by atoms with Crippen LogP contribution in [0.4, 0.5) is 0 Å². The number of carboxylic acid groups (broad SMARTS) is 1. The molecule has 3 rings (SSSR count). The molecule has 0 aromatic heterocycles. The lowest BCUT2D eigenvalue weighted by molar-refractivity contribution is -0.137. The van der Waals surface area contributed by atoms with Crippen LogP contribution in [0, 0.1) is 17.8 Å². The smallest absolute Gasteiger partial charge is 0.303 e. The summed E-state index contributed by atoms with van der Waals surface area (Å²) in [6.07, 6.45) is 13.2. The van der Waals surface area contributed by atoms with Crippen molar-refractivity contribution < 1.29 is 9.90 Å². The van der Waals surface area contributed by atoms with E-state index in [4.69, 9.17) is 5.11 Å². The summed E-state index contributed by atoms with van der Waals surface area (Å²) < 4.78 is 0. The number of hydrogen-bond acceptors (Lipinski definition) is 2. The zero-order valence-electron chi connectivity index (χ0n) is 15.0. The Labute approximate surface area is 156 Å². The van der Waals surface area contributed by atoms with Crippen LogP contribution in [0.5, 0.6) is 0 Å². The quantitative estimate of drug-likeness (QED) is 0.438. The van der Waals surface area contributed by atoms with Gasteiger partial charge < -0.3 is 5.11 Å². The molecule has 1 N–H and O–H groups in total. The number of thioether (sulfide) groups is 1. The highest BCUT2D eigenvalue weighted by Gasteiger charge is 2.46. The Bertz CT molecular complexity index is 569. The van der Waals surface area contributed by atoms with Crippen LogP contribution < -0.4 is 0 Å². The number of unbranched alkanes of at least 4 members (excludes halogenated alkanes) is 1. The Balaban J connectivity index is 1.43. The molecule has 2 saturated carbocycles. The predicted octanol–water partition coefficient (Wildman–Crippen LogP) is 5.58. The first-order chi connectivity index (χ1) is 12.2. The largest absolute Gasteiger partial charge is 0.481 e. The van der Waals surface area contributed by atoms with E-state index in [9.17, 15) is 4.79 Å². The molecule has 0 saturated heterocycles. The second-order valence-corrected chi connectivity index (χ2v) is 8.85. The summed E-state index contributed by atoms with van der Waals surface area (Å²) in [6.45, 7) is 0. The number of carboxylic acids is 1. The summed E-state index contributed by atoms with van der Waals surface area (Å²) >= 11 is 2.21. The van der Waals surface area contributed by atoms with Crippen molar-refractivity contribution in [1.29, 1.82) is 0 Å². The third-order valence-electron chi connectivity index (χ3n) is 5.89. The Morgan fingerprint density at radius 3 is 2.76 bits per heavy atom. The molecule has 1 aromatic carbocycles. The second kappa shape index (κ2) is 9.47. The van der Waals surface area contributed by atoms with Gasteiger partial charge in [-0.05, 0) is 74.0 Å². The van der Waals surface area contributed by atoms with Crippen LogP contribution in [0.15, 0.2) is 42.5 Å². The molecule has 0 heterocycles. The number of aryl methyl sites for hydroxylation is 1. The molecular weight excluding hydrogens is 328 g/mol. The molecule has 2 aliphatic rings. The van der Waals surface area contributed by atoms with Crippen molar-refractivity contribution in [2.75, 3.05) is 5.75 Å². The number of aliphatic carboxylic acids is 1. The lowest BCUT2D eigenvalue weighted by Gasteiger charge is -2.30. The maximum Gasteiger partial charge on any atom is 0.303 e. The van der Waals surface area contributed by atoms with Crippen molar-refractivity contribution >= 4 is 17.7 Å². The minimum absolute atomic E-state index is 0.288. The highest BCUT2D eigenvalue weighted by atomic mass is 32.2. The van der Waals surface area contributed by atoms with Crippen molar-refractivity contribution in [3.8, 4) is 0 Å². The Morgan fingerprint density at radius 1 is 1.16 bits per heavy atom. The number of carbonyl (C=O) groups is 1. The number of benzene rings is 1. The number of hydrogen-bond donors (Lipinski definition) is 1. The predicted molar refractivity (Wildman–Crippen MR) is 106 cm³/mol. The topological polar surface area (TPSA) is 37.3 Å². The molecule has 2 bridgehead atoms. The maximum absolute atomic E-state index is 10.5. The van der Waals surface area contributed by atoms with Gasteiger partial charge in [-0.15, -0.1) is 0 Å². The van der Waals surface area contributed by atoms with E-state index in [1.807, 2.05) is 0 Å². The summed E-state index contributed by atoms with van der Waals surface area (Å²) in [5, 5.41) is 9.53. The van der Waals surface area contributed by atoms with Gasteiger partial charge in [0.05, 0.1) is 0 Å². The lowest BCUT2D eigenvalue weighted by atomic mass is 9.86. The molecule has 2 aliphatic carbocycles. The van der Waals surface area contributed by atoms with E-state index < -0.39 is 5.97 Å². The average molecular weight is 359 g/mol. The van der Waals surface area contributed by atoms with Gasteiger partial charge in [-0.2, -0.15) is 11.8 Å². The van der Waals surface area contributed by atoms with Crippen LogP contribution >= 0.6 is 11.8 Å². The maximum atomic E-state index is 10.5. The van der Waals surface area contributed by atoms with Gasteiger partial charge in [0, 0.05) is 11.7 Å². The van der Waals surface area contributed by atoms with Crippen molar-refractivity contribution in [2.24, 2.45) is 17.8 Å². The molecular formula is C22H30O2S. The van der Waals surface area contributed by atoms with Gasteiger partial charge >= 0.3 is 5.97 Å². The fourth-order valence-electron chi connectivity index (χ4n) is 4.64. The van der Waals surface area contributed by atoms with Gasteiger partial charge in [0.2, 0.25) is 0 Å². The van der Waals surface area contributed by atoms with Crippen LogP contribution in [0.2, 0.25) is 0 Å². The van der Waals surface area contributed by atoms with Gasteiger partial charge in [0.1, 0.15) is 0 Å². The monoisotopic (exact) mass is 358 g/mol. The van der Waals surface area contributed by atoms with Crippen LogP contribution in [-0.4, -0.2) is 22.1 Å². The van der Waals surface area contributed by atoms with E-state index in [1.165, 1.54) is 43.4 Å².